The Morgan fingerprint density at radius 2 is 2.05 bits per heavy atom. The molecule has 2 aromatic rings. The van der Waals surface area contributed by atoms with Crippen LogP contribution in [0.15, 0.2) is 35.2 Å². The predicted octanol–water partition coefficient (Wildman–Crippen LogP) is 1.56. The number of thiazole rings is 1. The highest BCUT2D eigenvalue weighted by atomic mass is 32.2. The van der Waals surface area contributed by atoms with Gasteiger partial charge in [-0.1, -0.05) is 18.2 Å². The largest absolute Gasteiger partial charge is 0.375 e. The van der Waals surface area contributed by atoms with E-state index in [1.54, 1.807) is 30.3 Å². The number of aryl methyl sites for hydroxylation is 1. The predicted molar refractivity (Wildman–Crippen MR) is 79.1 cm³/mol. The number of nitrogen functional groups attached to an aromatic ring is 1. The third-order valence-electron chi connectivity index (χ3n) is 3.33. The van der Waals surface area contributed by atoms with Crippen LogP contribution in [-0.2, 0) is 22.9 Å². The number of fused-ring (bicyclic) bond motifs is 1. The molecule has 1 atom stereocenters. The van der Waals surface area contributed by atoms with Crippen molar-refractivity contribution in [3.8, 4) is 0 Å². The van der Waals surface area contributed by atoms with Gasteiger partial charge in [-0.15, -0.1) is 11.3 Å². The van der Waals surface area contributed by atoms with Crippen LogP contribution in [0.25, 0.3) is 0 Å². The Morgan fingerprint density at radius 1 is 1.30 bits per heavy atom. The van der Waals surface area contributed by atoms with E-state index in [1.165, 1.54) is 11.3 Å². The molecule has 0 radical (unpaired) electrons. The molecular formula is C13H15N3O2S2. The number of benzene rings is 1. The Morgan fingerprint density at radius 3 is 2.80 bits per heavy atom. The zero-order valence-corrected chi connectivity index (χ0v) is 12.4. The number of nitrogens with one attached hydrogen (secondary N) is 1. The van der Waals surface area contributed by atoms with Crippen LogP contribution in [0.2, 0.25) is 0 Å². The van der Waals surface area contributed by atoms with Crippen molar-refractivity contribution in [2.75, 3.05) is 5.73 Å². The van der Waals surface area contributed by atoms with E-state index in [9.17, 15) is 8.42 Å². The van der Waals surface area contributed by atoms with Crippen LogP contribution in [0, 0.1) is 0 Å². The summed E-state index contributed by atoms with van der Waals surface area (Å²) in [5.41, 5.74) is 6.71. The van der Waals surface area contributed by atoms with Crippen molar-refractivity contribution in [1.82, 2.24) is 9.71 Å². The van der Waals surface area contributed by atoms with Crippen LogP contribution in [0.4, 0.5) is 5.13 Å². The van der Waals surface area contributed by atoms with Gasteiger partial charge in [-0.05, 0) is 25.0 Å². The second-order valence-electron chi connectivity index (χ2n) is 4.80. The minimum absolute atomic E-state index is 0.0902. The van der Waals surface area contributed by atoms with Crippen molar-refractivity contribution in [3.05, 3.63) is 40.9 Å². The topological polar surface area (TPSA) is 85.1 Å². The van der Waals surface area contributed by atoms with E-state index in [2.05, 4.69) is 9.71 Å². The summed E-state index contributed by atoms with van der Waals surface area (Å²) in [5, 5.41) is 0.557. The zero-order valence-electron chi connectivity index (χ0n) is 10.7. The molecule has 106 valence electrons. The second-order valence-corrected chi connectivity index (χ2v) is 7.63. The Bertz CT molecular complexity index is 710. The maximum Gasteiger partial charge on any atom is 0.240 e. The van der Waals surface area contributed by atoms with Crippen LogP contribution >= 0.6 is 11.3 Å². The summed E-state index contributed by atoms with van der Waals surface area (Å²) >= 11 is 1.45. The van der Waals surface area contributed by atoms with Crippen molar-refractivity contribution in [1.29, 1.82) is 0 Å². The first kappa shape index (κ1) is 13.5. The Kier molecular flexibility index (Phi) is 3.49. The van der Waals surface area contributed by atoms with Gasteiger partial charge in [0.15, 0.2) is 5.13 Å². The molecule has 0 saturated heterocycles. The van der Waals surface area contributed by atoms with Crippen molar-refractivity contribution < 1.29 is 8.42 Å². The minimum atomic E-state index is -3.45. The molecule has 0 aliphatic heterocycles. The molecule has 0 spiro atoms. The molecule has 1 unspecified atom stereocenters. The lowest BCUT2D eigenvalue weighted by atomic mass is 9.99. The Balaban J connectivity index is 1.77. The molecule has 0 amide bonds. The molecule has 7 heteroatoms. The molecule has 5 nitrogen and oxygen atoms in total. The third kappa shape index (κ3) is 2.70. The van der Waals surface area contributed by atoms with Crippen LogP contribution in [0.5, 0.6) is 0 Å². The molecule has 1 heterocycles. The van der Waals surface area contributed by atoms with E-state index in [1.807, 2.05) is 0 Å². The van der Waals surface area contributed by atoms with Crippen LogP contribution in [0.3, 0.4) is 0 Å². The number of nitrogens with zero attached hydrogens (tertiary/aromatic N) is 1. The average Bonchev–Trinajstić information content (AvgIpc) is 2.79. The average molecular weight is 309 g/mol. The molecule has 20 heavy (non-hydrogen) atoms. The van der Waals surface area contributed by atoms with Gasteiger partial charge in [0.05, 0.1) is 10.6 Å². The van der Waals surface area contributed by atoms with E-state index in [-0.39, 0.29) is 6.04 Å². The van der Waals surface area contributed by atoms with Gasteiger partial charge < -0.3 is 5.73 Å². The van der Waals surface area contributed by atoms with Crippen molar-refractivity contribution in [3.63, 3.8) is 0 Å². The van der Waals surface area contributed by atoms with Gasteiger partial charge in [0, 0.05) is 17.3 Å². The molecule has 3 N–H and O–H groups in total. The number of rotatable bonds is 3. The van der Waals surface area contributed by atoms with E-state index in [0.29, 0.717) is 16.4 Å². The van der Waals surface area contributed by atoms with E-state index < -0.39 is 10.0 Å². The van der Waals surface area contributed by atoms with Crippen LogP contribution < -0.4 is 10.5 Å². The summed E-state index contributed by atoms with van der Waals surface area (Å²) in [6.45, 7) is 0. The fraction of sp³-hybridized carbons (Fsp3) is 0.308. The molecule has 0 saturated carbocycles. The summed E-state index contributed by atoms with van der Waals surface area (Å²) < 4.78 is 27.3. The maximum absolute atomic E-state index is 12.3. The second kappa shape index (κ2) is 5.16. The lowest BCUT2D eigenvalue weighted by Gasteiger charge is -2.22. The highest BCUT2D eigenvalue weighted by molar-refractivity contribution is 7.89. The van der Waals surface area contributed by atoms with Gasteiger partial charge in [0.25, 0.3) is 0 Å². The van der Waals surface area contributed by atoms with Crippen molar-refractivity contribution in [2.24, 2.45) is 0 Å². The number of sulfonamides is 1. The normalized spacial score (nSPS) is 18.7. The molecule has 1 aliphatic rings. The molecule has 0 bridgehead atoms. The number of anilines is 1. The van der Waals surface area contributed by atoms with Crippen molar-refractivity contribution in [2.45, 2.75) is 30.2 Å². The molecule has 1 aromatic carbocycles. The fourth-order valence-electron chi connectivity index (χ4n) is 2.38. The molecule has 1 aromatic heterocycles. The standard InChI is InChI=1S/C13H15N3O2S2/c14-13-15-11-7-6-9(8-12(11)19-13)16-20(17,18)10-4-2-1-3-5-10/h1-5,9,16H,6-8H2,(H2,14,15). The maximum atomic E-state index is 12.3. The van der Waals surface area contributed by atoms with Gasteiger partial charge in [0.2, 0.25) is 10.0 Å². The number of aromatic nitrogens is 1. The molecule has 0 fully saturated rings. The first-order valence-electron chi connectivity index (χ1n) is 6.36. The first-order valence-corrected chi connectivity index (χ1v) is 8.66. The van der Waals surface area contributed by atoms with Gasteiger partial charge >= 0.3 is 0 Å². The highest BCUT2D eigenvalue weighted by Crippen LogP contribution is 2.28. The SMILES string of the molecule is Nc1nc2c(s1)CC(NS(=O)(=O)c1ccccc1)CC2. The van der Waals surface area contributed by atoms with Gasteiger partial charge in [0.1, 0.15) is 0 Å². The molecule has 3 rings (SSSR count). The lowest BCUT2D eigenvalue weighted by molar-refractivity contribution is 0.508. The number of nitrogens with two attached hydrogens (primary N) is 1. The fourth-order valence-corrected chi connectivity index (χ4v) is 4.63. The van der Waals surface area contributed by atoms with Crippen LogP contribution in [-0.4, -0.2) is 19.4 Å². The number of hydrogen-bond acceptors (Lipinski definition) is 5. The zero-order chi connectivity index (χ0) is 14.2. The summed E-state index contributed by atoms with van der Waals surface area (Å²) in [6, 6.07) is 8.34. The summed E-state index contributed by atoms with van der Waals surface area (Å²) in [7, 11) is -3.45. The number of hydrogen-bond donors (Lipinski definition) is 2. The van der Waals surface area contributed by atoms with Gasteiger partial charge in [-0.3, -0.25) is 0 Å². The first-order chi connectivity index (χ1) is 9.54. The molecule has 1 aliphatic carbocycles. The van der Waals surface area contributed by atoms with E-state index in [4.69, 9.17) is 5.73 Å². The summed E-state index contributed by atoms with van der Waals surface area (Å²) in [4.78, 5) is 5.65. The Labute approximate surface area is 121 Å². The summed E-state index contributed by atoms with van der Waals surface area (Å²) in [5.74, 6) is 0. The third-order valence-corrected chi connectivity index (χ3v) is 5.82. The monoisotopic (exact) mass is 309 g/mol. The smallest absolute Gasteiger partial charge is 0.240 e. The molecular weight excluding hydrogens is 294 g/mol. The summed E-state index contributed by atoms with van der Waals surface area (Å²) in [6.07, 6.45) is 2.18. The van der Waals surface area contributed by atoms with E-state index in [0.717, 1.165) is 23.4 Å². The highest BCUT2D eigenvalue weighted by Gasteiger charge is 2.26. The minimum Gasteiger partial charge on any atom is -0.375 e. The quantitative estimate of drug-likeness (QED) is 0.901. The lowest BCUT2D eigenvalue weighted by Crippen LogP contribution is -2.38. The van der Waals surface area contributed by atoms with Gasteiger partial charge in [-0.25, -0.2) is 18.1 Å². The van der Waals surface area contributed by atoms with Crippen molar-refractivity contribution >= 4 is 26.5 Å². The Hall–Kier alpha value is -1.44. The van der Waals surface area contributed by atoms with Crippen LogP contribution in [0.1, 0.15) is 17.0 Å². The van der Waals surface area contributed by atoms with Gasteiger partial charge in [-0.2, -0.15) is 0 Å². The van der Waals surface area contributed by atoms with E-state index >= 15 is 0 Å².